The monoisotopic (exact) mass is 186 g/mol. The summed E-state index contributed by atoms with van der Waals surface area (Å²) < 4.78 is 5.31. The predicted molar refractivity (Wildman–Crippen MR) is 54.8 cm³/mol. The van der Waals surface area contributed by atoms with E-state index in [-0.39, 0.29) is 5.60 Å². The lowest BCUT2D eigenvalue weighted by Gasteiger charge is -2.23. The third-order valence-corrected chi connectivity index (χ3v) is 2.53. The van der Waals surface area contributed by atoms with Crippen molar-refractivity contribution in [3.63, 3.8) is 0 Å². The minimum atomic E-state index is -0.0130. The molecule has 0 spiro atoms. The first kappa shape index (κ1) is 12.6. The van der Waals surface area contributed by atoms with E-state index in [9.17, 15) is 4.79 Å². The van der Waals surface area contributed by atoms with Crippen molar-refractivity contribution in [2.24, 2.45) is 5.92 Å². The maximum Gasteiger partial charge on any atom is 0.120 e. The van der Waals surface area contributed by atoms with Gasteiger partial charge in [-0.1, -0.05) is 19.8 Å². The molecule has 13 heavy (non-hydrogen) atoms. The molecule has 0 radical (unpaired) electrons. The van der Waals surface area contributed by atoms with Crippen LogP contribution in [0.5, 0.6) is 0 Å². The largest absolute Gasteiger partial charge is 0.379 e. The SMILES string of the molecule is COC(C)(C)CCC[C@H](C)CC=O. The average molecular weight is 186 g/mol. The highest BCUT2D eigenvalue weighted by Crippen LogP contribution is 2.19. The zero-order valence-corrected chi connectivity index (χ0v) is 9.30. The Morgan fingerprint density at radius 3 is 2.54 bits per heavy atom. The van der Waals surface area contributed by atoms with E-state index in [1.807, 2.05) is 0 Å². The second-order valence-electron chi connectivity index (χ2n) is 4.36. The third-order valence-electron chi connectivity index (χ3n) is 2.53. The Hall–Kier alpha value is -0.370. The van der Waals surface area contributed by atoms with E-state index >= 15 is 0 Å². The van der Waals surface area contributed by atoms with Gasteiger partial charge in [0.15, 0.2) is 0 Å². The Bertz CT molecular complexity index is 141. The van der Waals surface area contributed by atoms with Crippen LogP contribution >= 0.6 is 0 Å². The Balaban J connectivity index is 3.49. The molecule has 0 N–H and O–H groups in total. The van der Waals surface area contributed by atoms with Gasteiger partial charge < -0.3 is 9.53 Å². The van der Waals surface area contributed by atoms with Crippen molar-refractivity contribution >= 4 is 6.29 Å². The van der Waals surface area contributed by atoms with Crippen molar-refractivity contribution in [3.8, 4) is 0 Å². The zero-order valence-electron chi connectivity index (χ0n) is 9.30. The highest BCUT2D eigenvalue weighted by atomic mass is 16.5. The lowest BCUT2D eigenvalue weighted by Crippen LogP contribution is -2.22. The predicted octanol–water partition coefficient (Wildman–Crippen LogP) is 2.81. The Kier molecular flexibility index (Phi) is 5.97. The van der Waals surface area contributed by atoms with Crippen molar-refractivity contribution in [3.05, 3.63) is 0 Å². The first-order chi connectivity index (χ1) is 6.02. The van der Waals surface area contributed by atoms with Crippen LogP contribution < -0.4 is 0 Å². The molecule has 0 aliphatic heterocycles. The molecule has 0 rings (SSSR count). The van der Waals surface area contributed by atoms with E-state index in [4.69, 9.17) is 4.74 Å². The van der Waals surface area contributed by atoms with Gasteiger partial charge in [-0.25, -0.2) is 0 Å². The summed E-state index contributed by atoms with van der Waals surface area (Å²) in [6.45, 7) is 6.31. The average Bonchev–Trinajstić information content (AvgIpc) is 2.05. The van der Waals surface area contributed by atoms with Crippen molar-refractivity contribution in [1.82, 2.24) is 0 Å². The van der Waals surface area contributed by atoms with Crippen LogP contribution in [0.4, 0.5) is 0 Å². The van der Waals surface area contributed by atoms with Crippen LogP contribution in [-0.2, 0) is 9.53 Å². The fourth-order valence-corrected chi connectivity index (χ4v) is 1.26. The van der Waals surface area contributed by atoms with Crippen LogP contribution in [-0.4, -0.2) is 19.0 Å². The summed E-state index contributed by atoms with van der Waals surface area (Å²) in [6, 6.07) is 0. The van der Waals surface area contributed by atoms with Crippen molar-refractivity contribution in [2.75, 3.05) is 7.11 Å². The normalized spacial score (nSPS) is 14.2. The van der Waals surface area contributed by atoms with E-state index in [1.54, 1.807) is 7.11 Å². The number of ether oxygens (including phenoxy) is 1. The van der Waals surface area contributed by atoms with E-state index in [1.165, 1.54) is 0 Å². The number of aldehydes is 1. The zero-order chi connectivity index (χ0) is 10.3. The van der Waals surface area contributed by atoms with E-state index < -0.39 is 0 Å². The lowest BCUT2D eigenvalue weighted by atomic mass is 9.95. The Morgan fingerprint density at radius 1 is 1.46 bits per heavy atom. The molecular weight excluding hydrogens is 164 g/mol. The second kappa shape index (κ2) is 6.14. The van der Waals surface area contributed by atoms with Crippen LogP contribution in [0, 0.1) is 5.92 Å². The maximum absolute atomic E-state index is 10.2. The van der Waals surface area contributed by atoms with Crippen LogP contribution in [0.2, 0.25) is 0 Å². The number of hydrogen-bond donors (Lipinski definition) is 0. The molecule has 2 nitrogen and oxygen atoms in total. The first-order valence-electron chi connectivity index (χ1n) is 5.00. The van der Waals surface area contributed by atoms with Gasteiger partial charge >= 0.3 is 0 Å². The van der Waals surface area contributed by atoms with E-state index in [0.29, 0.717) is 12.3 Å². The minimum absolute atomic E-state index is 0.0130. The summed E-state index contributed by atoms with van der Waals surface area (Å²) in [5, 5.41) is 0. The van der Waals surface area contributed by atoms with Crippen LogP contribution in [0.15, 0.2) is 0 Å². The Labute approximate surface area is 81.7 Å². The van der Waals surface area contributed by atoms with Crippen LogP contribution in [0.3, 0.4) is 0 Å². The van der Waals surface area contributed by atoms with Gasteiger partial charge in [-0.05, 0) is 26.2 Å². The van der Waals surface area contributed by atoms with Gasteiger partial charge in [0.2, 0.25) is 0 Å². The molecule has 0 bridgehead atoms. The van der Waals surface area contributed by atoms with Gasteiger partial charge in [0.25, 0.3) is 0 Å². The highest BCUT2D eigenvalue weighted by molar-refractivity contribution is 5.49. The number of carbonyl (C=O) groups excluding carboxylic acids is 1. The molecule has 1 atom stereocenters. The molecule has 2 heteroatoms. The summed E-state index contributed by atoms with van der Waals surface area (Å²) in [4.78, 5) is 10.2. The summed E-state index contributed by atoms with van der Waals surface area (Å²) in [6.07, 6.45) is 5.01. The standard InChI is InChI=1S/C11H22O2/c1-10(7-9-12)6-5-8-11(2,3)13-4/h9-10H,5-8H2,1-4H3/t10-/m0/s1. The molecule has 0 saturated heterocycles. The topological polar surface area (TPSA) is 26.3 Å². The number of methoxy groups -OCH3 is 1. The van der Waals surface area contributed by atoms with Gasteiger partial charge in [0, 0.05) is 13.5 Å². The van der Waals surface area contributed by atoms with Gasteiger partial charge in [-0.3, -0.25) is 0 Å². The number of rotatable bonds is 7. The molecule has 0 heterocycles. The molecule has 0 unspecified atom stereocenters. The lowest BCUT2D eigenvalue weighted by molar-refractivity contribution is -0.108. The molecule has 0 aliphatic rings. The first-order valence-corrected chi connectivity index (χ1v) is 5.00. The quantitative estimate of drug-likeness (QED) is 0.571. The summed E-state index contributed by atoms with van der Waals surface area (Å²) in [5.74, 6) is 0.519. The van der Waals surface area contributed by atoms with E-state index in [0.717, 1.165) is 25.5 Å². The summed E-state index contributed by atoms with van der Waals surface area (Å²) >= 11 is 0. The Morgan fingerprint density at radius 2 is 2.08 bits per heavy atom. The number of carbonyl (C=O) groups is 1. The van der Waals surface area contributed by atoms with Gasteiger partial charge in [-0.15, -0.1) is 0 Å². The van der Waals surface area contributed by atoms with Crippen molar-refractivity contribution in [2.45, 2.75) is 52.1 Å². The smallest absolute Gasteiger partial charge is 0.120 e. The molecule has 0 aromatic rings. The molecule has 0 saturated carbocycles. The van der Waals surface area contributed by atoms with Crippen LogP contribution in [0.25, 0.3) is 0 Å². The van der Waals surface area contributed by atoms with Gasteiger partial charge in [0.1, 0.15) is 6.29 Å². The van der Waals surface area contributed by atoms with E-state index in [2.05, 4.69) is 20.8 Å². The third kappa shape index (κ3) is 6.76. The van der Waals surface area contributed by atoms with Gasteiger partial charge in [0.05, 0.1) is 5.60 Å². The molecule has 78 valence electrons. The highest BCUT2D eigenvalue weighted by Gasteiger charge is 2.15. The van der Waals surface area contributed by atoms with Crippen molar-refractivity contribution in [1.29, 1.82) is 0 Å². The summed E-state index contributed by atoms with van der Waals surface area (Å²) in [7, 11) is 1.74. The minimum Gasteiger partial charge on any atom is -0.379 e. The van der Waals surface area contributed by atoms with Crippen molar-refractivity contribution < 1.29 is 9.53 Å². The summed E-state index contributed by atoms with van der Waals surface area (Å²) in [5.41, 5.74) is -0.0130. The van der Waals surface area contributed by atoms with Gasteiger partial charge in [-0.2, -0.15) is 0 Å². The second-order valence-corrected chi connectivity index (χ2v) is 4.36. The molecule has 0 aliphatic carbocycles. The molecule has 0 aromatic carbocycles. The fraction of sp³-hybridized carbons (Fsp3) is 0.909. The molecular formula is C11H22O2. The molecule has 0 amide bonds. The number of hydrogen-bond acceptors (Lipinski definition) is 2. The maximum atomic E-state index is 10.2. The van der Waals surface area contributed by atoms with Crippen LogP contribution in [0.1, 0.15) is 46.5 Å². The molecule has 0 aromatic heterocycles. The molecule has 0 fully saturated rings. The fourth-order valence-electron chi connectivity index (χ4n) is 1.26.